The molecule has 3 amide bonds. The molecule has 8 nitrogen and oxygen atoms in total. The fourth-order valence-corrected chi connectivity index (χ4v) is 3.28. The van der Waals surface area contributed by atoms with Gasteiger partial charge in [0.15, 0.2) is 5.76 Å². The van der Waals surface area contributed by atoms with Gasteiger partial charge in [-0.1, -0.05) is 12.1 Å². The number of benzene rings is 1. The second kappa shape index (κ2) is 6.46. The van der Waals surface area contributed by atoms with Gasteiger partial charge in [0.25, 0.3) is 23.3 Å². The summed E-state index contributed by atoms with van der Waals surface area (Å²) in [4.78, 5) is 41.1. The third-order valence-corrected chi connectivity index (χ3v) is 4.88. The van der Waals surface area contributed by atoms with Crippen molar-refractivity contribution in [3.05, 3.63) is 48.4 Å². The summed E-state index contributed by atoms with van der Waals surface area (Å²) in [7, 11) is 0. The van der Waals surface area contributed by atoms with Crippen LogP contribution in [0.2, 0.25) is 0 Å². The van der Waals surface area contributed by atoms with Gasteiger partial charge < -0.3 is 24.3 Å². The monoisotopic (exact) mass is 369 g/mol. The molecule has 3 heterocycles. The second-order valence-electron chi connectivity index (χ2n) is 6.65. The third-order valence-electron chi connectivity index (χ3n) is 4.88. The molecular formula is C19H19N3O5. The maximum atomic E-state index is 13.0. The minimum absolute atomic E-state index is 0.209. The Hall–Kier alpha value is -3.29. The van der Waals surface area contributed by atoms with Crippen molar-refractivity contribution < 1.29 is 23.5 Å². The number of amides is 3. The summed E-state index contributed by atoms with van der Waals surface area (Å²) in [5, 5.41) is 2.73. The van der Waals surface area contributed by atoms with Crippen molar-refractivity contribution >= 4 is 23.4 Å². The van der Waals surface area contributed by atoms with E-state index in [-0.39, 0.29) is 11.7 Å². The number of furan rings is 1. The van der Waals surface area contributed by atoms with E-state index in [1.807, 2.05) is 0 Å². The zero-order valence-electron chi connectivity index (χ0n) is 14.8. The lowest BCUT2D eigenvalue weighted by Gasteiger charge is -2.40. The standard InChI is InChI=1S/C19H19N3O5/c1-19(17(24)20-13-5-2-3-6-14(13)27-19)18(25)22-10-8-21(9-11-22)16(23)15-7-4-12-26-15/h2-7,12H,8-11H2,1H3,(H,20,24). The lowest BCUT2D eigenvalue weighted by Crippen LogP contribution is -2.62. The fourth-order valence-electron chi connectivity index (χ4n) is 3.28. The number of hydrogen-bond acceptors (Lipinski definition) is 5. The summed E-state index contributed by atoms with van der Waals surface area (Å²) >= 11 is 0. The number of nitrogens with zero attached hydrogens (tertiary/aromatic N) is 2. The van der Waals surface area contributed by atoms with Crippen molar-refractivity contribution in [2.75, 3.05) is 31.5 Å². The number of nitrogens with one attached hydrogen (secondary N) is 1. The van der Waals surface area contributed by atoms with Crippen molar-refractivity contribution in [1.82, 2.24) is 9.80 Å². The highest BCUT2D eigenvalue weighted by Crippen LogP contribution is 2.34. The average Bonchev–Trinajstić information content (AvgIpc) is 3.22. The molecule has 1 unspecified atom stereocenters. The number of rotatable bonds is 2. The van der Waals surface area contributed by atoms with Crippen LogP contribution < -0.4 is 10.1 Å². The van der Waals surface area contributed by atoms with Gasteiger partial charge in [0.2, 0.25) is 0 Å². The fraction of sp³-hybridized carbons (Fsp3) is 0.316. The molecule has 0 aliphatic carbocycles. The van der Waals surface area contributed by atoms with Crippen molar-refractivity contribution in [2.24, 2.45) is 0 Å². The van der Waals surface area contributed by atoms with Crippen molar-refractivity contribution in [2.45, 2.75) is 12.5 Å². The van der Waals surface area contributed by atoms with Crippen LogP contribution in [0.3, 0.4) is 0 Å². The molecule has 1 saturated heterocycles. The van der Waals surface area contributed by atoms with Crippen LogP contribution >= 0.6 is 0 Å². The molecule has 0 radical (unpaired) electrons. The summed E-state index contributed by atoms with van der Waals surface area (Å²) in [5.41, 5.74) is -1.09. The normalized spacial score (nSPS) is 21.9. The Morgan fingerprint density at radius 1 is 1.04 bits per heavy atom. The first kappa shape index (κ1) is 17.1. The minimum atomic E-state index is -1.64. The van der Waals surface area contributed by atoms with Crippen LogP contribution in [-0.2, 0) is 9.59 Å². The van der Waals surface area contributed by atoms with Crippen LogP contribution in [0.25, 0.3) is 0 Å². The number of hydrogen-bond donors (Lipinski definition) is 1. The predicted molar refractivity (Wildman–Crippen MR) is 95.3 cm³/mol. The van der Waals surface area contributed by atoms with E-state index in [1.165, 1.54) is 13.2 Å². The molecule has 8 heteroatoms. The zero-order chi connectivity index (χ0) is 19.0. The van der Waals surface area contributed by atoms with Crippen LogP contribution in [0.5, 0.6) is 5.75 Å². The highest BCUT2D eigenvalue weighted by molar-refractivity contribution is 6.15. The molecule has 0 spiro atoms. The van der Waals surface area contributed by atoms with Crippen LogP contribution in [-0.4, -0.2) is 59.3 Å². The Bertz CT molecular complexity index is 887. The Labute approximate surface area is 155 Å². The highest BCUT2D eigenvalue weighted by atomic mass is 16.5. The molecule has 2 aliphatic rings. The minimum Gasteiger partial charge on any atom is -0.466 e. The van der Waals surface area contributed by atoms with Gasteiger partial charge in [0, 0.05) is 26.2 Å². The molecule has 0 saturated carbocycles. The number of carbonyl (C=O) groups excluding carboxylic acids is 3. The SMILES string of the molecule is CC1(C(=O)N2CCN(C(=O)c3ccco3)CC2)Oc2ccccc2NC1=O. The molecule has 2 aliphatic heterocycles. The van der Waals surface area contributed by atoms with Crippen molar-refractivity contribution in [3.8, 4) is 5.75 Å². The van der Waals surface area contributed by atoms with Crippen LogP contribution in [0.1, 0.15) is 17.5 Å². The molecule has 1 fully saturated rings. The van der Waals surface area contributed by atoms with Gasteiger partial charge in [-0.05, 0) is 31.2 Å². The van der Waals surface area contributed by atoms with Crippen LogP contribution in [0, 0.1) is 0 Å². The summed E-state index contributed by atoms with van der Waals surface area (Å²) in [6, 6.07) is 10.3. The molecular weight excluding hydrogens is 350 g/mol. The van der Waals surface area contributed by atoms with Crippen molar-refractivity contribution in [3.63, 3.8) is 0 Å². The molecule has 1 aromatic heterocycles. The maximum absolute atomic E-state index is 13.0. The van der Waals surface area contributed by atoms with E-state index in [0.717, 1.165) is 0 Å². The topological polar surface area (TPSA) is 92.1 Å². The number of anilines is 1. The van der Waals surface area contributed by atoms with Gasteiger partial charge in [-0.25, -0.2) is 0 Å². The van der Waals surface area contributed by atoms with E-state index in [2.05, 4.69) is 5.32 Å². The molecule has 1 aromatic carbocycles. The van der Waals surface area contributed by atoms with E-state index >= 15 is 0 Å². The molecule has 0 bridgehead atoms. The van der Waals surface area contributed by atoms with E-state index in [0.29, 0.717) is 37.6 Å². The highest BCUT2D eigenvalue weighted by Gasteiger charge is 2.49. The molecule has 2 aromatic rings. The Kier molecular flexibility index (Phi) is 4.10. The summed E-state index contributed by atoms with van der Waals surface area (Å²) < 4.78 is 10.9. The van der Waals surface area contributed by atoms with Crippen molar-refractivity contribution in [1.29, 1.82) is 0 Å². The van der Waals surface area contributed by atoms with Gasteiger partial charge in [-0.15, -0.1) is 0 Å². The number of ether oxygens (including phenoxy) is 1. The smallest absolute Gasteiger partial charge is 0.289 e. The van der Waals surface area contributed by atoms with E-state index in [9.17, 15) is 14.4 Å². The molecule has 1 atom stereocenters. The van der Waals surface area contributed by atoms with Gasteiger partial charge in [0.05, 0.1) is 12.0 Å². The number of fused-ring (bicyclic) bond motifs is 1. The van der Waals surface area contributed by atoms with E-state index in [4.69, 9.17) is 9.15 Å². The van der Waals surface area contributed by atoms with Gasteiger partial charge in [0.1, 0.15) is 5.75 Å². The van der Waals surface area contributed by atoms with E-state index in [1.54, 1.807) is 46.2 Å². The Morgan fingerprint density at radius 3 is 2.44 bits per heavy atom. The third kappa shape index (κ3) is 2.92. The Balaban J connectivity index is 1.45. The molecule has 1 N–H and O–H groups in total. The molecule has 27 heavy (non-hydrogen) atoms. The lowest BCUT2D eigenvalue weighted by molar-refractivity contribution is -0.155. The summed E-state index contributed by atoms with van der Waals surface area (Å²) in [5.74, 6) is -0.397. The van der Waals surface area contributed by atoms with Crippen LogP contribution in [0.4, 0.5) is 5.69 Å². The summed E-state index contributed by atoms with van der Waals surface area (Å²) in [6.07, 6.45) is 1.45. The quantitative estimate of drug-likeness (QED) is 0.807. The lowest BCUT2D eigenvalue weighted by atomic mass is 10.00. The number of piperazine rings is 1. The second-order valence-corrected chi connectivity index (χ2v) is 6.65. The largest absolute Gasteiger partial charge is 0.466 e. The first-order valence-corrected chi connectivity index (χ1v) is 8.71. The first-order valence-electron chi connectivity index (χ1n) is 8.71. The molecule has 140 valence electrons. The summed E-state index contributed by atoms with van der Waals surface area (Å²) in [6.45, 7) is 2.83. The maximum Gasteiger partial charge on any atom is 0.289 e. The zero-order valence-corrected chi connectivity index (χ0v) is 14.8. The number of carbonyl (C=O) groups is 3. The first-order chi connectivity index (χ1) is 13.0. The average molecular weight is 369 g/mol. The Morgan fingerprint density at radius 2 is 1.74 bits per heavy atom. The molecule has 4 rings (SSSR count). The van der Waals surface area contributed by atoms with Crippen LogP contribution in [0.15, 0.2) is 47.1 Å². The van der Waals surface area contributed by atoms with Gasteiger partial charge in [-0.2, -0.15) is 0 Å². The predicted octanol–water partition coefficient (Wildman–Crippen LogP) is 1.35. The number of para-hydroxylation sites is 2. The van der Waals surface area contributed by atoms with Gasteiger partial charge >= 0.3 is 0 Å². The van der Waals surface area contributed by atoms with Gasteiger partial charge in [-0.3, -0.25) is 14.4 Å². The van der Waals surface area contributed by atoms with E-state index < -0.39 is 17.4 Å².